The van der Waals surface area contributed by atoms with Gasteiger partial charge in [-0.15, -0.1) is 0 Å². The van der Waals surface area contributed by atoms with Gasteiger partial charge in [-0.2, -0.15) is 0 Å². The van der Waals surface area contributed by atoms with E-state index in [0.29, 0.717) is 17.2 Å². The van der Waals surface area contributed by atoms with E-state index in [0.717, 1.165) is 50.5 Å². The number of guanidine groups is 1. The number of nitrogens with zero attached hydrogens (tertiary/aromatic N) is 3. The molecule has 2 N–H and O–H groups in total. The van der Waals surface area contributed by atoms with Crippen molar-refractivity contribution in [2.24, 2.45) is 4.99 Å². The molecule has 1 aromatic heterocycles. The van der Waals surface area contributed by atoms with E-state index in [4.69, 9.17) is 11.6 Å². The molecule has 0 bridgehead atoms. The van der Waals surface area contributed by atoms with Gasteiger partial charge in [0, 0.05) is 44.5 Å². The quantitative estimate of drug-likeness (QED) is 0.288. The highest BCUT2D eigenvalue weighted by atomic mass is 35.5. The van der Waals surface area contributed by atoms with Crippen LogP contribution in [0.1, 0.15) is 46.6 Å². The number of rotatable bonds is 10. The van der Waals surface area contributed by atoms with Crippen LogP contribution in [0.4, 0.5) is 0 Å². The number of halogens is 1. The molecule has 0 amide bonds. The molecule has 0 aliphatic heterocycles. The van der Waals surface area contributed by atoms with Gasteiger partial charge in [0.05, 0.1) is 0 Å². The van der Waals surface area contributed by atoms with E-state index in [1.54, 1.807) is 0 Å². The third-order valence-corrected chi connectivity index (χ3v) is 4.23. The molecule has 1 aromatic rings. The molecule has 1 heterocycles. The van der Waals surface area contributed by atoms with Gasteiger partial charge in [0.1, 0.15) is 5.15 Å². The zero-order chi connectivity index (χ0) is 18.7. The smallest absolute Gasteiger partial charge is 0.191 e. The molecule has 0 spiro atoms. The first-order valence-corrected chi connectivity index (χ1v) is 9.70. The van der Waals surface area contributed by atoms with Gasteiger partial charge in [-0.1, -0.05) is 17.7 Å². The molecule has 0 saturated carbocycles. The van der Waals surface area contributed by atoms with Crippen LogP contribution in [0.5, 0.6) is 0 Å². The summed E-state index contributed by atoms with van der Waals surface area (Å²) in [5.74, 6) is 0.880. The van der Waals surface area contributed by atoms with Crippen molar-refractivity contribution in [1.29, 1.82) is 0 Å². The van der Waals surface area contributed by atoms with Crippen LogP contribution in [0.15, 0.2) is 23.3 Å². The number of pyridine rings is 1. The average Bonchev–Trinajstić information content (AvgIpc) is 2.55. The second-order valence-corrected chi connectivity index (χ2v) is 7.09. The maximum atomic E-state index is 5.81. The standard InChI is InChI=1S/C19H34ClN5/c1-6-21-19(22-11-7-13-25(15(2)3)16(4)5)23-12-10-17-8-9-18(20)24-14-17/h8-9,14-16H,6-7,10-13H2,1-5H3,(H2,21,22,23). The first-order chi connectivity index (χ1) is 11.9. The molecule has 0 aliphatic rings. The molecular weight excluding hydrogens is 334 g/mol. The van der Waals surface area contributed by atoms with E-state index >= 15 is 0 Å². The monoisotopic (exact) mass is 367 g/mol. The number of hydrogen-bond donors (Lipinski definition) is 2. The summed E-state index contributed by atoms with van der Waals surface area (Å²) in [6, 6.07) is 4.98. The van der Waals surface area contributed by atoms with Crippen molar-refractivity contribution in [1.82, 2.24) is 20.5 Å². The SMILES string of the molecule is CCNC(=NCCCN(C(C)C)C(C)C)NCCc1ccc(Cl)nc1. The largest absolute Gasteiger partial charge is 0.357 e. The van der Waals surface area contributed by atoms with E-state index in [2.05, 4.69) is 60.1 Å². The van der Waals surface area contributed by atoms with Gasteiger partial charge in [0.25, 0.3) is 0 Å². The lowest BCUT2D eigenvalue weighted by Crippen LogP contribution is -2.39. The van der Waals surface area contributed by atoms with Gasteiger partial charge in [0.15, 0.2) is 5.96 Å². The van der Waals surface area contributed by atoms with Gasteiger partial charge in [0.2, 0.25) is 0 Å². The van der Waals surface area contributed by atoms with Crippen LogP contribution in [-0.4, -0.2) is 54.1 Å². The maximum absolute atomic E-state index is 5.81. The summed E-state index contributed by atoms with van der Waals surface area (Å²) in [6.07, 6.45) is 3.78. The highest BCUT2D eigenvalue weighted by Gasteiger charge is 2.12. The molecule has 6 heteroatoms. The zero-order valence-electron chi connectivity index (χ0n) is 16.3. The van der Waals surface area contributed by atoms with Gasteiger partial charge >= 0.3 is 0 Å². The second-order valence-electron chi connectivity index (χ2n) is 6.71. The molecule has 0 radical (unpaired) electrons. The predicted molar refractivity (Wildman–Crippen MR) is 109 cm³/mol. The molecule has 0 saturated heterocycles. The van der Waals surface area contributed by atoms with Crippen molar-refractivity contribution in [3.8, 4) is 0 Å². The minimum absolute atomic E-state index is 0.531. The second kappa shape index (κ2) is 12.1. The Morgan fingerprint density at radius 2 is 1.92 bits per heavy atom. The number of aliphatic imine (C=N–C) groups is 1. The number of nitrogens with one attached hydrogen (secondary N) is 2. The van der Waals surface area contributed by atoms with Gasteiger partial charge in [-0.05, 0) is 59.1 Å². The van der Waals surface area contributed by atoms with Crippen LogP contribution in [0, 0.1) is 0 Å². The number of aromatic nitrogens is 1. The summed E-state index contributed by atoms with van der Waals surface area (Å²) in [7, 11) is 0. The first kappa shape index (κ1) is 21.7. The van der Waals surface area contributed by atoms with Crippen molar-refractivity contribution < 1.29 is 0 Å². The lowest BCUT2D eigenvalue weighted by Gasteiger charge is -2.30. The molecular formula is C19H34ClN5. The van der Waals surface area contributed by atoms with Crippen LogP contribution in [0.2, 0.25) is 5.15 Å². The zero-order valence-corrected chi connectivity index (χ0v) is 17.1. The van der Waals surface area contributed by atoms with Crippen molar-refractivity contribution in [2.75, 3.05) is 26.2 Å². The Morgan fingerprint density at radius 3 is 2.48 bits per heavy atom. The Morgan fingerprint density at radius 1 is 1.20 bits per heavy atom. The van der Waals surface area contributed by atoms with Crippen molar-refractivity contribution in [2.45, 2.75) is 59.5 Å². The summed E-state index contributed by atoms with van der Waals surface area (Å²) in [6.45, 7) is 14.7. The van der Waals surface area contributed by atoms with E-state index in [1.165, 1.54) is 0 Å². The highest BCUT2D eigenvalue weighted by Crippen LogP contribution is 2.06. The van der Waals surface area contributed by atoms with Crippen molar-refractivity contribution >= 4 is 17.6 Å². The summed E-state index contributed by atoms with van der Waals surface area (Å²) < 4.78 is 0. The van der Waals surface area contributed by atoms with Crippen molar-refractivity contribution in [3.63, 3.8) is 0 Å². The first-order valence-electron chi connectivity index (χ1n) is 9.32. The summed E-state index contributed by atoms with van der Waals surface area (Å²) >= 11 is 5.81. The molecule has 25 heavy (non-hydrogen) atoms. The van der Waals surface area contributed by atoms with E-state index in [9.17, 15) is 0 Å². The topological polar surface area (TPSA) is 52.6 Å². The molecule has 5 nitrogen and oxygen atoms in total. The van der Waals surface area contributed by atoms with Crippen LogP contribution < -0.4 is 10.6 Å². The third kappa shape index (κ3) is 9.07. The Kier molecular flexibility index (Phi) is 10.5. The fourth-order valence-electron chi connectivity index (χ4n) is 2.78. The van der Waals surface area contributed by atoms with Crippen LogP contribution in [-0.2, 0) is 6.42 Å². The summed E-state index contributed by atoms with van der Waals surface area (Å²) in [5.41, 5.74) is 1.16. The average molecular weight is 368 g/mol. The van der Waals surface area contributed by atoms with E-state index < -0.39 is 0 Å². The van der Waals surface area contributed by atoms with Crippen molar-refractivity contribution in [3.05, 3.63) is 29.0 Å². The van der Waals surface area contributed by atoms with Crippen LogP contribution in [0.3, 0.4) is 0 Å². The van der Waals surface area contributed by atoms with E-state index in [-0.39, 0.29) is 0 Å². The molecule has 0 aliphatic carbocycles. The van der Waals surface area contributed by atoms with Crippen LogP contribution >= 0.6 is 11.6 Å². The maximum Gasteiger partial charge on any atom is 0.191 e. The number of hydrogen-bond acceptors (Lipinski definition) is 3. The normalized spacial score (nSPS) is 12.3. The predicted octanol–water partition coefficient (Wildman–Crippen LogP) is 3.34. The van der Waals surface area contributed by atoms with Crippen LogP contribution in [0.25, 0.3) is 0 Å². The molecule has 0 aromatic carbocycles. The molecule has 1 rings (SSSR count). The third-order valence-electron chi connectivity index (χ3n) is 4.01. The minimum Gasteiger partial charge on any atom is -0.357 e. The fraction of sp³-hybridized carbons (Fsp3) is 0.684. The molecule has 0 atom stereocenters. The molecule has 142 valence electrons. The summed E-state index contributed by atoms with van der Waals surface area (Å²) in [5, 5.41) is 7.21. The highest BCUT2D eigenvalue weighted by molar-refractivity contribution is 6.29. The minimum atomic E-state index is 0.531. The fourth-order valence-corrected chi connectivity index (χ4v) is 2.89. The Labute approximate surface area is 158 Å². The lowest BCUT2D eigenvalue weighted by molar-refractivity contribution is 0.174. The Hall–Kier alpha value is -1.33. The lowest BCUT2D eigenvalue weighted by atomic mass is 10.2. The van der Waals surface area contributed by atoms with Gasteiger partial charge in [-0.3, -0.25) is 9.89 Å². The Balaban J connectivity index is 2.38. The van der Waals surface area contributed by atoms with Gasteiger partial charge in [-0.25, -0.2) is 4.98 Å². The molecule has 0 unspecified atom stereocenters. The molecule has 0 fully saturated rings. The van der Waals surface area contributed by atoms with E-state index in [1.807, 2.05) is 18.3 Å². The van der Waals surface area contributed by atoms with Gasteiger partial charge < -0.3 is 10.6 Å². The summed E-state index contributed by atoms with van der Waals surface area (Å²) in [4.78, 5) is 11.3. The Bertz CT molecular complexity index is 491.